The van der Waals surface area contributed by atoms with Crippen molar-refractivity contribution in [3.05, 3.63) is 53.1 Å². The third-order valence-electron chi connectivity index (χ3n) is 5.63. The summed E-state index contributed by atoms with van der Waals surface area (Å²) in [5.74, 6) is 0.571. The first-order valence-electron chi connectivity index (χ1n) is 10.5. The number of likely N-dealkylation sites (N-methyl/N-ethyl adjacent to an activating group) is 1. The van der Waals surface area contributed by atoms with Crippen LogP contribution in [0.2, 0.25) is 5.02 Å². The second-order valence-corrected chi connectivity index (χ2v) is 8.31. The molecular weight excluding hydrogens is 402 g/mol. The van der Waals surface area contributed by atoms with E-state index in [0.29, 0.717) is 17.2 Å². The molecule has 2 saturated heterocycles. The zero-order valence-electron chi connectivity index (χ0n) is 17.3. The smallest absolute Gasteiger partial charge is 0.255 e. The van der Waals surface area contributed by atoms with E-state index in [0.717, 1.165) is 62.8 Å². The number of carbonyl (C=O) groups is 1. The number of piperazine rings is 1. The second kappa shape index (κ2) is 9.69. The molecular formula is C23H28ClN3O3. The van der Waals surface area contributed by atoms with Gasteiger partial charge in [-0.25, -0.2) is 0 Å². The van der Waals surface area contributed by atoms with Gasteiger partial charge in [-0.1, -0.05) is 11.6 Å². The number of halogens is 1. The van der Waals surface area contributed by atoms with Crippen molar-refractivity contribution in [1.29, 1.82) is 0 Å². The Morgan fingerprint density at radius 1 is 1.17 bits per heavy atom. The van der Waals surface area contributed by atoms with Gasteiger partial charge in [0.2, 0.25) is 0 Å². The van der Waals surface area contributed by atoms with Crippen LogP contribution in [-0.2, 0) is 4.74 Å². The zero-order valence-corrected chi connectivity index (χ0v) is 18.0. The monoisotopic (exact) mass is 429 g/mol. The molecule has 2 aromatic carbocycles. The third-order valence-corrected chi connectivity index (χ3v) is 5.86. The van der Waals surface area contributed by atoms with Gasteiger partial charge in [0, 0.05) is 43.4 Å². The number of anilines is 2. The maximum absolute atomic E-state index is 12.8. The molecule has 6 nitrogen and oxygen atoms in total. The van der Waals surface area contributed by atoms with Crippen LogP contribution < -0.4 is 15.0 Å². The normalized spacial score (nSPS) is 19.7. The van der Waals surface area contributed by atoms with Crippen molar-refractivity contribution in [3.8, 4) is 5.75 Å². The van der Waals surface area contributed by atoms with E-state index in [1.807, 2.05) is 30.3 Å². The summed E-state index contributed by atoms with van der Waals surface area (Å²) in [4.78, 5) is 17.4. The summed E-state index contributed by atoms with van der Waals surface area (Å²) in [6.45, 7) is 5.16. The number of nitrogens with one attached hydrogen (secondary N) is 1. The molecule has 1 N–H and O–H groups in total. The molecule has 0 saturated carbocycles. The van der Waals surface area contributed by atoms with Crippen LogP contribution in [0.15, 0.2) is 42.5 Å². The third kappa shape index (κ3) is 5.25. The lowest BCUT2D eigenvalue weighted by Gasteiger charge is -2.35. The Kier molecular flexibility index (Phi) is 6.77. The lowest BCUT2D eigenvalue weighted by molar-refractivity contribution is 0.0679. The van der Waals surface area contributed by atoms with E-state index >= 15 is 0 Å². The van der Waals surface area contributed by atoms with Gasteiger partial charge in [0.05, 0.1) is 17.5 Å². The number of hydrogen-bond acceptors (Lipinski definition) is 5. The molecule has 4 rings (SSSR count). The van der Waals surface area contributed by atoms with Crippen molar-refractivity contribution in [2.75, 3.05) is 56.7 Å². The molecule has 2 heterocycles. The van der Waals surface area contributed by atoms with E-state index in [4.69, 9.17) is 21.1 Å². The SMILES string of the molecule is CN1CCN(c2ccc(Cl)cc2NC(=O)c2ccc(OCC3CCCO3)cc2)CC1. The van der Waals surface area contributed by atoms with Crippen LogP contribution in [0, 0.1) is 0 Å². The molecule has 0 aromatic heterocycles. The van der Waals surface area contributed by atoms with Crippen LogP contribution in [0.25, 0.3) is 0 Å². The molecule has 0 aliphatic carbocycles. The van der Waals surface area contributed by atoms with Crippen LogP contribution in [0.1, 0.15) is 23.2 Å². The Morgan fingerprint density at radius 3 is 2.63 bits per heavy atom. The lowest BCUT2D eigenvalue weighted by Crippen LogP contribution is -2.44. The first-order valence-corrected chi connectivity index (χ1v) is 10.8. The predicted molar refractivity (Wildman–Crippen MR) is 120 cm³/mol. The number of nitrogens with zero attached hydrogens (tertiary/aromatic N) is 2. The topological polar surface area (TPSA) is 54.0 Å². The van der Waals surface area contributed by atoms with Gasteiger partial charge < -0.3 is 24.6 Å². The number of amides is 1. The molecule has 7 heteroatoms. The number of ether oxygens (including phenoxy) is 2. The van der Waals surface area contributed by atoms with E-state index in [2.05, 4.69) is 22.2 Å². The summed E-state index contributed by atoms with van der Waals surface area (Å²) in [5.41, 5.74) is 2.30. The number of hydrogen-bond donors (Lipinski definition) is 1. The Bertz CT molecular complexity index is 860. The Morgan fingerprint density at radius 2 is 1.93 bits per heavy atom. The van der Waals surface area contributed by atoms with Gasteiger partial charge in [0.15, 0.2) is 0 Å². The predicted octanol–water partition coefficient (Wildman–Crippen LogP) is 3.90. The van der Waals surface area contributed by atoms with E-state index in [9.17, 15) is 4.79 Å². The highest BCUT2D eigenvalue weighted by Gasteiger charge is 2.19. The summed E-state index contributed by atoms with van der Waals surface area (Å²) in [5, 5.41) is 3.63. The maximum Gasteiger partial charge on any atom is 0.255 e. The van der Waals surface area contributed by atoms with Crippen molar-refractivity contribution in [2.24, 2.45) is 0 Å². The van der Waals surface area contributed by atoms with Gasteiger partial charge in [-0.2, -0.15) is 0 Å². The lowest BCUT2D eigenvalue weighted by atomic mass is 10.1. The molecule has 0 bridgehead atoms. The molecule has 1 atom stereocenters. The van der Waals surface area contributed by atoms with Crippen LogP contribution in [0.4, 0.5) is 11.4 Å². The minimum atomic E-state index is -0.168. The number of carbonyl (C=O) groups excluding carboxylic acids is 1. The van der Waals surface area contributed by atoms with Crippen LogP contribution in [-0.4, -0.2) is 63.4 Å². The first-order chi connectivity index (χ1) is 14.6. The van der Waals surface area contributed by atoms with Crippen molar-refractivity contribution in [2.45, 2.75) is 18.9 Å². The first kappa shape index (κ1) is 21.0. The Labute approximate surface area is 182 Å². The Hall–Kier alpha value is -2.28. The highest BCUT2D eigenvalue weighted by Crippen LogP contribution is 2.30. The average Bonchev–Trinajstić information content (AvgIpc) is 3.27. The summed E-state index contributed by atoms with van der Waals surface area (Å²) in [6.07, 6.45) is 2.30. The average molecular weight is 430 g/mol. The van der Waals surface area contributed by atoms with Gasteiger partial charge >= 0.3 is 0 Å². The largest absolute Gasteiger partial charge is 0.491 e. The molecule has 0 radical (unpaired) electrons. The fourth-order valence-corrected chi connectivity index (χ4v) is 3.97. The summed E-state index contributed by atoms with van der Waals surface area (Å²) >= 11 is 6.21. The molecule has 0 spiro atoms. The van der Waals surface area contributed by atoms with Crippen LogP contribution in [0.3, 0.4) is 0 Å². The summed E-state index contributed by atoms with van der Waals surface area (Å²) < 4.78 is 11.4. The van der Waals surface area contributed by atoms with E-state index in [1.165, 1.54) is 0 Å². The molecule has 2 aromatic rings. The van der Waals surface area contributed by atoms with Gasteiger partial charge in [0.25, 0.3) is 5.91 Å². The number of benzene rings is 2. The summed E-state index contributed by atoms with van der Waals surface area (Å²) in [7, 11) is 2.12. The molecule has 2 aliphatic heterocycles. The molecule has 2 fully saturated rings. The fourth-order valence-electron chi connectivity index (χ4n) is 3.79. The van der Waals surface area contributed by atoms with E-state index in [-0.39, 0.29) is 12.0 Å². The molecule has 30 heavy (non-hydrogen) atoms. The standard InChI is InChI=1S/C23H28ClN3O3/c1-26-10-12-27(13-11-26)22-9-6-18(24)15-21(22)25-23(28)17-4-7-19(8-5-17)30-16-20-3-2-14-29-20/h4-9,15,20H,2-3,10-14,16H2,1H3,(H,25,28). The van der Waals surface area contributed by atoms with Crippen molar-refractivity contribution >= 4 is 28.9 Å². The maximum atomic E-state index is 12.8. The molecule has 2 aliphatic rings. The highest BCUT2D eigenvalue weighted by atomic mass is 35.5. The van der Waals surface area contributed by atoms with Gasteiger partial charge in [0.1, 0.15) is 12.4 Å². The minimum absolute atomic E-state index is 0.168. The van der Waals surface area contributed by atoms with Gasteiger partial charge in [-0.15, -0.1) is 0 Å². The second-order valence-electron chi connectivity index (χ2n) is 7.88. The van der Waals surface area contributed by atoms with Gasteiger partial charge in [-0.05, 0) is 62.4 Å². The fraction of sp³-hybridized carbons (Fsp3) is 0.435. The summed E-state index contributed by atoms with van der Waals surface area (Å²) in [6, 6.07) is 12.9. The van der Waals surface area contributed by atoms with E-state index < -0.39 is 0 Å². The van der Waals surface area contributed by atoms with E-state index in [1.54, 1.807) is 12.1 Å². The van der Waals surface area contributed by atoms with Crippen molar-refractivity contribution in [3.63, 3.8) is 0 Å². The quantitative estimate of drug-likeness (QED) is 0.754. The molecule has 1 unspecified atom stereocenters. The minimum Gasteiger partial charge on any atom is -0.491 e. The van der Waals surface area contributed by atoms with Gasteiger partial charge in [-0.3, -0.25) is 4.79 Å². The molecule has 1 amide bonds. The molecule has 160 valence electrons. The van der Waals surface area contributed by atoms with Crippen LogP contribution in [0.5, 0.6) is 5.75 Å². The van der Waals surface area contributed by atoms with Crippen molar-refractivity contribution in [1.82, 2.24) is 4.90 Å². The Balaban J connectivity index is 1.41. The number of rotatable bonds is 6. The van der Waals surface area contributed by atoms with Crippen LogP contribution >= 0.6 is 11.6 Å². The zero-order chi connectivity index (χ0) is 20.9. The van der Waals surface area contributed by atoms with Crippen molar-refractivity contribution < 1.29 is 14.3 Å². The highest BCUT2D eigenvalue weighted by molar-refractivity contribution is 6.31.